The normalized spacial score (nSPS) is 10.3. The van der Waals surface area contributed by atoms with Gasteiger partial charge in [-0.1, -0.05) is 6.07 Å². The lowest BCUT2D eigenvalue weighted by molar-refractivity contribution is 0.0949. The highest BCUT2D eigenvalue weighted by molar-refractivity contribution is 9.10. The van der Waals surface area contributed by atoms with Gasteiger partial charge in [0.15, 0.2) is 0 Å². The van der Waals surface area contributed by atoms with Crippen molar-refractivity contribution in [1.29, 1.82) is 0 Å². The topological polar surface area (TPSA) is 68.0 Å². The van der Waals surface area contributed by atoms with Crippen LogP contribution in [0.1, 0.15) is 21.6 Å². The predicted octanol–water partition coefficient (Wildman–Crippen LogP) is 2.80. The summed E-state index contributed by atoms with van der Waals surface area (Å²) in [6, 6.07) is 6.23. The molecule has 0 aliphatic rings. The Morgan fingerprint density at radius 3 is 2.95 bits per heavy atom. The third-order valence-electron chi connectivity index (χ3n) is 2.87. The first kappa shape index (κ1) is 14.5. The number of carbonyl (C=O) groups is 1. The number of aromatic nitrogens is 1. The second kappa shape index (κ2) is 6.00. The number of hydrogen-bond donors (Lipinski definition) is 2. The van der Waals surface area contributed by atoms with Crippen LogP contribution < -0.4 is 11.1 Å². The van der Waals surface area contributed by atoms with E-state index < -0.39 is 5.82 Å². The van der Waals surface area contributed by atoms with Gasteiger partial charge in [0.1, 0.15) is 5.82 Å². The minimum atomic E-state index is -0.561. The Labute approximate surface area is 124 Å². The number of anilines is 1. The van der Waals surface area contributed by atoms with Crippen LogP contribution in [-0.4, -0.2) is 10.9 Å². The van der Waals surface area contributed by atoms with Crippen molar-refractivity contribution in [1.82, 2.24) is 10.3 Å². The Balaban J connectivity index is 2.13. The number of nitrogens with zero attached hydrogens (tertiary/aromatic N) is 1. The van der Waals surface area contributed by atoms with Gasteiger partial charge in [-0.3, -0.25) is 9.78 Å². The van der Waals surface area contributed by atoms with Gasteiger partial charge in [-0.05, 0) is 46.6 Å². The van der Waals surface area contributed by atoms with E-state index in [2.05, 4.69) is 26.2 Å². The minimum Gasteiger partial charge on any atom is -0.396 e. The van der Waals surface area contributed by atoms with Crippen LogP contribution in [0.2, 0.25) is 0 Å². The molecule has 0 unspecified atom stereocenters. The Kier molecular flexibility index (Phi) is 4.34. The maximum Gasteiger partial charge on any atom is 0.252 e. The zero-order chi connectivity index (χ0) is 14.7. The van der Waals surface area contributed by atoms with Crippen LogP contribution in [0.15, 0.2) is 34.9 Å². The summed E-state index contributed by atoms with van der Waals surface area (Å²) >= 11 is 3.15. The summed E-state index contributed by atoms with van der Waals surface area (Å²) in [6.45, 7) is 2.22. The molecule has 0 atom stereocenters. The first-order valence-corrected chi connectivity index (χ1v) is 6.71. The first-order chi connectivity index (χ1) is 9.49. The fraction of sp³-hybridized carbons (Fsp3) is 0.143. The first-order valence-electron chi connectivity index (χ1n) is 5.92. The second-order valence-corrected chi connectivity index (χ2v) is 5.16. The summed E-state index contributed by atoms with van der Waals surface area (Å²) in [6.07, 6.45) is 1.67. The van der Waals surface area contributed by atoms with Crippen molar-refractivity contribution in [2.75, 3.05) is 5.73 Å². The van der Waals surface area contributed by atoms with Crippen LogP contribution in [0.3, 0.4) is 0 Å². The highest BCUT2D eigenvalue weighted by atomic mass is 79.9. The number of nitrogens with two attached hydrogens (primary N) is 1. The predicted molar refractivity (Wildman–Crippen MR) is 78.7 cm³/mol. The lowest BCUT2D eigenvalue weighted by Crippen LogP contribution is -2.24. The third-order valence-corrected chi connectivity index (χ3v) is 3.52. The van der Waals surface area contributed by atoms with Crippen molar-refractivity contribution in [3.63, 3.8) is 0 Å². The van der Waals surface area contributed by atoms with Crippen LogP contribution >= 0.6 is 15.9 Å². The fourth-order valence-corrected chi connectivity index (χ4v) is 2.20. The number of pyridine rings is 1. The van der Waals surface area contributed by atoms with Gasteiger partial charge in [0.05, 0.1) is 23.5 Å². The molecule has 2 aromatic rings. The van der Waals surface area contributed by atoms with Crippen LogP contribution in [0.25, 0.3) is 0 Å². The monoisotopic (exact) mass is 337 g/mol. The van der Waals surface area contributed by atoms with Gasteiger partial charge in [-0.15, -0.1) is 0 Å². The second-order valence-electron chi connectivity index (χ2n) is 4.30. The maximum atomic E-state index is 13.2. The number of benzene rings is 1. The highest BCUT2D eigenvalue weighted by Gasteiger charge is 2.13. The van der Waals surface area contributed by atoms with Crippen molar-refractivity contribution >= 4 is 27.5 Å². The Hall–Kier alpha value is -1.95. The number of nitrogen functional groups attached to an aromatic ring is 1. The number of hydrogen-bond acceptors (Lipinski definition) is 3. The Morgan fingerprint density at radius 2 is 2.25 bits per heavy atom. The minimum absolute atomic E-state index is 0.0626. The van der Waals surface area contributed by atoms with E-state index in [1.807, 2.05) is 19.1 Å². The van der Waals surface area contributed by atoms with Crippen molar-refractivity contribution in [3.05, 3.63) is 57.6 Å². The van der Waals surface area contributed by atoms with E-state index in [4.69, 9.17) is 5.73 Å². The number of nitrogens with one attached hydrogen (secondary N) is 1. The summed E-state index contributed by atoms with van der Waals surface area (Å²) in [4.78, 5) is 16.3. The van der Waals surface area contributed by atoms with Crippen molar-refractivity contribution < 1.29 is 9.18 Å². The zero-order valence-electron chi connectivity index (χ0n) is 10.8. The number of rotatable bonds is 3. The smallest absolute Gasteiger partial charge is 0.252 e. The van der Waals surface area contributed by atoms with E-state index in [9.17, 15) is 9.18 Å². The molecule has 20 heavy (non-hydrogen) atoms. The van der Waals surface area contributed by atoms with E-state index in [1.165, 1.54) is 12.1 Å². The van der Waals surface area contributed by atoms with Crippen molar-refractivity contribution in [2.24, 2.45) is 0 Å². The van der Waals surface area contributed by atoms with Gasteiger partial charge in [-0.25, -0.2) is 4.39 Å². The summed E-state index contributed by atoms with van der Waals surface area (Å²) in [7, 11) is 0. The molecule has 0 spiro atoms. The lowest BCUT2D eigenvalue weighted by Gasteiger charge is -2.09. The molecular formula is C14H13BrFN3O. The SMILES string of the molecule is Cc1cccnc1CNC(=O)c1cc(N)c(F)cc1Br. The fourth-order valence-electron chi connectivity index (χ4n) is 1.70. The molecular weight excluding hydrogens is 325 g/mol. The Morgan fingerprint density at radius 1 is 1.50 bits per heavy atom. The molecule has 6 heteroatoms. The van der Waals surface area contributed by atoms with Gasteiger partial charge in [0, 0.05) is 10.7 Å². The molecule has 0 saturated carbocycles. The molecule has 0 aliphatic carbocycles. The molecule has 4 nitrogen and oxygen atoms in total. The van der Waals surface area contributed by atoms with Crippen LogP contribution in [0.5, 0.6) is 0 Å². The van der Waals surface area contributed by atoms with Gasteiger partial charge in [0.2, 0.25) is 0 Å². The number of amides is 1. The summed E-state index contributed by atoms with van der Waals surface area (Å²) in [5, 5.41) is 2.73. The van der Waals surface area contributed by atoms with E-state index >= 15 is 0 Å². The van der Waals surface area contributed by atoms with E-state index in [1.54, 1.807) is 6.20 Å². The molecule has 0 bridgehead atoms. The molecule has 1 heterocycles. The van der Waals surface area contributed by atoms with Crippen molar-refractivity contribution in [3.8, 4) is 0 Å². The van der Waals surface area contributed by atoms with Crippen LogP contribution in [-0.2, 0) is 6.54 Å². The van der Waals surface area contributed by atoms with Crippen LogP contribution in [0.4, 0.5) is 10.1 Å². The highest BCUT2D eigenvalue weighted by Crippen LogP contribution is 2.22. The number of aryl methyl sites for hydroxylation is 1. The lowest BCUT2D eigenvalue weighted by atomic mass is 10.1. The third kappa shape index (κ3) is 3.14. The summed E-state index contributed by atoms with van der Waals surface area (Å²) < 4.78 is 13.6. The van der Waals surface area contributed by atoms with Gasteiger partial charge in [-0.2, -0.15) is 0 Å². The molecule has 1 aromatic heterocycles. The van der Waals surface area contributed by atoms with Gasteiger partial charge < -0.3 is 11.1 Å². The van der Waals surface area contributed by atoms with Crippen LogP contribution in [0, 0.1) is 12.7 Å². The summed E-state index contributed by atoms with van der Waals surface area (Å²) in [5.41, 5.74) is 7.47. The maximum absolute atomic E-state index is 13.2. The van der Waals surface area contributed by atoms with Crippen molar-refractivity contribution in [2.45, 2.75) is 13.5 Å². The number of carbonyl (C=O) groups excluding carboxylic acids is 1. The van der Waals surface area contributed by atoms with E-state index in [0.29, 0.717) is 11.0 Å². The zero-order valence-corrected chi connectivity index (χ0v) is 12.4. The molecule has 0 radical (unpaired) electrons. The molecule has 0 aliphatic heterocycles. The van der Waals surface area contributed by atoms with Gasteiger partial charge in [0.25, 0.3) is 5.91 Å². The standard InChI is InChI=1S/C14H13BrFN3O/c1-8-3-2-4-18-13(8)7-19-14(20)9-5-12(17)11(16)6-10(9)15/h2-6H,7,17H2,1H3,(H,19,20). The average molecular weight is 338 g/mol. The average Bonchev–Trinajstić information content (AvgIpc) is 2.41. The molecule has 1 aromatic carbocycles. The van der Waals surface area contributed by atoms with E-state index in [0.717, 1.165) is 11.3 Å². The van der Waals surface area contributed by atoms with E-state index in [-0.39, 0.29) is 17.2 Å². The summed E-state index contributed by atoms with van der Waals surface area (Å²) in [5.74, 6) is -0.900. The van der Waals surface area contributed by atoms with Gasteiger partial charge >= 0.3 is 0 Å². The quantitative estimate of drug-likeness (QED) is 0.846. The largest absolute Gasteiger partial charge is 0.396 e. The molecule has 2 rings (SSSR count). The molecule has 3 N–H and O–H groups in total. The molecule has 1 amide bonds. The molecule has 104 valence electrons. The molecule has 0 fully saturated rings. The molecule has 0 saturated heterocycles. The number of halogens is 2. The Bertz CT molecular complexity index is 661.